The van der Waals surface area contributed by atoms with E-state index >= 15 is 0 Å². The summed E-state index contributed by atoms with van der Waals surface area (Å²) in [5, 5.41) is 5.24. The van der Waals surface area contributed by atoms with Crippen LogP contribution in [0.5, 0.6) is 0 Å². The Bertz CT molecular complexity index is 1520. The van der Waals surface area contributed by atoms with Crippen molar-refractivity contribution in [2.45, 2.75) is 38.4 Å². The van der Waals surface area contributed by atoms with Crippen molar-refractivity contribution in [3.63, 3.8) is 0 Å². The fraction of sp³-hybridized carbons (Fsp3) is 0.308. The highest BCUT2D eigenvalue weighted by atomic mass is 32.1. The zero-order chi connectivity index (χ0) is 25.7. The van der Waals surface area contributed by atoms with Crippen molar-refractivity contribution in [3.8, 4) is 0 Å². The molecule has 0 atom stereocenters. The standard InChI is InChI=1S/C26H23F5N4S/c1-16-32-24(34-9-3-4-10-34)23(36-16)12-17-5-8-22-19(11-17)15-35(33-22)14-18-6-7-20(26(29,30)31)13-21(18)25(2,27)28/h5-8,11-13,15H,1,3-4,9-10,14H2,2H3/b23-12-. The molecule has 0 unspecified atom stereocenters. The minimum absolute atomic E-state index is 0.0799. The maximum atomic E-state index is 14.2. The lowest BCUT2D eigenvalue weighted by molar-refractivity contribution is -0.137. The fourth-order valence-electron chi connectivity index (χ4n) is 4.51. The van der Waals surface area contributed by atoms with Gasteiger partial charge in [0.1, 0.15) is 10.5 Å². The van der Waals surface area contributed by atoms with Crippen molar-refractivity contribution in [3.05, 3.63) is 74.0 Å². The Kier molecular flexibility index (Phi) is 6.10. The van der Waals surface area contributed by atoms with Crippen LogP contribution in [0.2, 0.25) is 0 Å². The highest BCUT2D eigenvalue weighted by Crippen LogP contribution is 2.36. The quantitative estimate of drug-likeness (QED) is 0.327. The molecule has 4 nitrogen and oxygen atoms in total. The van der Waals surface area contributed by atoms with E-state index in [4.69, 9.17) is 0 Å². The monoisotopic (exact) mass is 518 g/mol. The van der Waals surface area contributed by atoms with E-state index in [1.54, 1.807) is 6.20 Å². The number of thiazole rings is 1. The molecule has 188 valence electrons. The summed E-state index contributed by atoms with van der Waals surface area (Å²) in [7, 11) is 0. The normalized spacial score (nSPS) is 15.4. The number of hydrogen-bond acceptors (Lipinski definition) is 4. The molecule has 0 N–H and O–H groups in total. The van der Waals surface area contributed by atoms with Gasteiger partial charge in [-0.1, -0.05) is 18.7 Å². The largest absolute Gasteiger partial charge is 0.416 e. The molecule has 0 amide bonds. The molecule has 1 fully saturated rings. The summed E-state index contributed by atoms with van der Waals surface area (Å²) in [6, 6.07) is 8.14. The van der Waals surface area contributed by atoms with Crippen molar-refractivity contribution in [2.75, 3.05) is 18.0 Å². The topological polar surface area (TPSA) is 34.0 Å². The summed E-state index contributed by atoms with van der Waals surface area (Å²) < 4.78 is 70.9. The Morgan fingerprint density at radius 1 is 1.06 bits per heavy atom. The van der Waals surface area contributed by atoms with Gasteiger partial charge in [-0.15, -0.1) is 11.3 Å². The average Bonchev–Trinajstić information content (AvgIpc) is 3.52. The van der Waals surface area contributed by atoms with Crippen LogP contribution < -0.4 is 14.1 Å². The number of halogens is 5. The Labute approximate surface area is 208 Å². The molecule has 0 radical (unpaired) electrons. The second-order valence-electron chi connectivity index (χ2n) is 9.04. The molecule has 1 aliphatic rings. The number of hydrogen-bond donors (Lipinski definition) is 0. The van der Waals surface area contributed by atoms with Gasteiger partial charge in [0.25, 0.3) is 5.92 Å². The van der Waals surface area contributed by atoms with Gasteiger partial charge in [0.15, 0.2) is 0 Å². The second-order valence-corrected chi connectivity index (χ2v) is 10.2. The highest BCUT2D eigenvalue weighted by molar-refractivity contribution is 7.07. The molecular formula is C26H23F5N4S. The summed E-state index contributed by atoms with van der Waals surface area (Å²) in [5.41, 5.74) is -0.0878. The van der Waals surface area contributed by atoms with Crippen LogP contribution in [0.3, 0.4) is 0 Å². The number of benzene rings is 2. The molecule has 36 heavy (non-hydrogen) atoms. The van der Waals surface area contributed by atoms with Gasteiger partial charge in [0.05, 0.1) is 22.2 Å². The van der Waals surface area contributed by atoms with Crippen molar-refractivity contribution in [1.82, 2.24) is 14.8 Å². The van der Waals surface area contributed by atoms with Gasteiger partial charge in [-0.3, -0.25) is 4.68 Å². The van der Waals surface area contributed by atoms with E-state index in [9.17, 15) is 22.0 Å². The van der Waals surface area contributed by atoms with Gasteiger partial charge in [-0.2, -0.15) is 18.3 Å². The molecule has 0 aliphatic carbocycles. The molecule has 0 saturated carbocycles. The van der Waals surface area contributed by atoms with E-state index in [-0.39, 0.29) is 12.1 Å². The number of anilines is 1. The van der Waals surface area contributed by atoms with Crippen LogP contribution in [0.15, 0.2) is 42.6 Å². The van der Waals surface area contributed by atoms with Gasteiger partial charge < -0.3 is 4.90 Å². The zero-order valence-electron chi connectivity index (χ0n) is 19.4. The average molecular weight is 519 g/mol. The predicted molar refractivity (Wildman–Crippen MR) is 132 cm³/mol. The van der Waals surface area contributed by atoms with E-state index in [2.05, 4.69) is 21.6 Å². The van der Waals surface area contributed by atoms with Crippen LogP contribution in [-0.4, -0.2) is 27.9 Å². The van der Waals surface area contributed by atoms with E-state index < -0.39 is 23.2 Å². The molecule has 2 aromatic carbocycles. The lowest BCUT2D eigenvalue weighted by Gasteiger charge is -2.18. The first-order chi connectivity index (χ1) is 17.0. The second kappa shape index (κ2) is 8.99. The Morgan fingerprint density at radius 3 is 2.50 bits per heavy atom. The number of alkyl halides is 5. The molecule has 4 aromatic rings. The third kappa shape index (κ3) is 5.00. The summed E-state index contributed by atoms with van der Waals surface area (Å²) >= 11 is 1.52. The van der Waals surface area contributed by atoms with Crippen LogP contribution >= 0.6 is 11.3 Å². The van der Waals surface area contributed by atoms with Gasteiger partial charge in [0, 0.05) is 37.2 Å². The minimum atomic E-state index is -4.70. The Balaban J connectivity index is 1.47. The van der Waals surface area contributed by atoms with Crippen LogP contribution in [0.4, 0.5) is 27.8 Å². The SMILES string of the molecule is C=c1nc(N2CCCC2)/c(=C/c2ccc3nn(Cc4ccc(C(F)(F)F)cc4C(C)(F)F)cc3c2)s1. The lowest BCUT2D eigenvalue weighted by Crippen LogP contribution is -2.23. The van der Waals surface area contributed by atoms with E-state index in [0.29, 0.717) is 18.5 Å². The predicted octanol–water partition coefficient (Wildman–Crippen LogP) is 5.51. The third-order valence-corrected chi connectivity index (χ3v) is 7.05. The molecule has 2 aromatic heterocycles. The number of nitrogens with zero attached hydrogens (tertiary/aromatic N) is 4. The van der Waals surface area contributed by atoms with Gasteiger partial charge in [0.2, 0.25) is 0 Å². The summed E-state index contributed by atoms with van der Waals surface area (Å²) in [6.07, 6.45) is 1.33. The molecule has 0 bridgehead atoms. The lowest BCUT2D eigenvalue weighted by atomic mass is 9.99. The smallest absolute Gasteiger partial charge is 0.355 e. The van der Waals surface area contributed by atoms with Gasteiger partial charge >= 0.3 is 6.18 Å². The summed E-state index contributed by atoms with van der Waals surface area (Å²) in [5.74, 6) is -2.49. The van der Waals surface area contributed by atoms with Crippen LogP contribution in [0, 0.1) is 0 Å². The summed E-state index contributed by atoms with van der Waals surface area (Å²) in [6.45, 7) is 6.44. The molecule has 0 spiro atoms. The summed E-state index contributed by atoms with van der Waals surface area (Å²) in [4.78, 5) is 6.87. The van der Waals surface area contributed by atoms with Gasteiger partial charge in [-0.25, -0.2) is 13.8 Å². The van der Waals surface area contributed by atoms with Crippen molar-refractivity contribution in [2.24, 2.45) is 0 Å². The third-order valence-electron chi connectivity index (χ3n) is 6.20. The first kappa shape index (κ1) is 24.4. The number of fused-ring (bicyclic) bond motifs is 1. The highest BCUT2D eigenvalue weighted by Gasteiger charge is 2.35. The first-order valence-corrected chi connectivity index (χ1v) is 12.3. The molecule has 1 saturated heterocycles. The maximum Gasteiger partial charge on any atom is 0.416 e. The molecular weight excluding hydrogens is 495 g/mol. The van der Waals surface area contributed by atoms with Crippen molar-refractivity contribution >= 4 is 40.7 Å². The van der Waals surface area contributed by atoms with Crippen LogP contribution in [0.1, 0.15) is 42.0 Å². The van der Waals surface area contributed by atoms with E-state index in [0.717, 1.165) is 64.0 Å². The number of aromatic nitrogens is 3. The fourth-order valence-corrected chi connectivity index (χ4v) is 5.36. The zero-order valence-corrected chi connectivity index (χ0v) is 20.3. The van der Waals surface area contributed by atoms with Crippen LogP contribution in [-0.2, 0) is 18.6 Å². The minimum Gasteiger partial charge on any atom is -0.355 e. The van der Waals surface area contributed by atoms with Crippen molar-refractivity contribution < 1.29 is 22.0 Å². The van der Waals surface area contributed by atoms with E-state index in [1.165, 1.54) is 16.0 Å². The molecule has 10 heteroatoms. The number of rotatable bonds is 5. The van der Waals surface area contributed by atoms with Crippen LogP contribution in [0.25, 0.3) is 23.6 Å². The first-order valence-electron chi connectivity index (χ1n) is 11.5. The Morgan fingerprint density at radius 2 is 1.81 bits per heavy atom. The Hall–Kier alpha value is -3.27. The molecule has 3 heterocycles. The molecule has 5 rings (SSSR count). The van der Waals surface area contributed by atoms with Gasteiger partial charge in [-0.05, 0) is 54.3 Å². The molecule has 1 aliphatic heterocycles. The van der Waals surface area contributed by atoms with E-state index in [1.807, 2.05) is 24.3 Å². The van der Waals surface area contributed by atoms with Crippen molar-refractivity contribution in [1.29, 1.82) is 0 Å². The maximum absolute atomic E-state index is 14.2.